The first kappa shape index (κ1) is 19.8. The number of aromatic nitrogens is 3. The van der Waals surface area contributed by atoms with Gasteiger partial charge in [0.25, 0.3) is 0 Å². The summed E-state index contributed by atoms with van der Waals surface area (Å²) >= 11 is 7.36. The van der Waals surface area contributed by atoms with Gasteiger partial charge in [-0.25, -0.2) is 4.68 Å². The van der Waals surface area contributed by atoms with Gasteiger partial charge >= 0.3 is 0 Å². The summed E-state index contributed by atoms with van der Waals surface area (Å²) in [6.07, 6.45) is 1.22. The zero-order valence-corrected chi connectivity index (χ0v) is 16.9. The van der Waals surface area contributed by atoms with Gasteiger partial charge in [0.15, 0.2) is 0 Å². The van der Waals surface area contributed by atoms with E-state index in [0.29, 0.717) is 10.0 Å². The third kappa shape index (κ3) is 3.99. The molecule has 3 rings (SSSR count). The molecule has 8 nitrogen and oxygen atoms in total. The lowest BCUT2D eigenvalue weighted by molar-refractivity contribution is -0.142. The molecule has 1 aliphatic rings. The molecule has 2 amide bonds. The second kappa shape index (κ2) is 7.95. The van der Waals surface area contributed by atoms with Gasteiger partial charge in [-0.15, -0.1) is 16.4 Å². The molecular weight excluding hydrogens is 390 g/mol. The molecule has 0 unspecified atom stereocenters. The fourth-order valence-electron chi connectivity index (χ4n) is 3.32. The Hall–Kier alpha value is -1.97. The zero-order valence-electron chi connectivity index (χ0n) is 15.3. The first-order valence-corrected chi connectivity index (χ1v) is 9.89. The molecule has 27 heavy (non-hydrogen) atoms. The van der Waals surface area contributed by atoms with Crippen LogP contribution < -0.4 is 5.32 Å². The van der Waals surface area contributed by atoms with Crippen molar-refractivity contribution >= 4 is 34.8 Å². The van der Waals surface area contributed by atoms with E-state index in [2.05, 4.69) is 15.6 Å². The molecule has 0 bridgehead atoms. The number of carbonyl (C=O) groups is 2. The van der Waals surface area contributed by atoms with Gasteiger partial charge in [-0.3, -0.25) is 9.59 Å². The van der Waals surface area contributed by atoms with Crippen LogP contribution in [0.5, 0.6) is 0 Å². The Morgan fingerprint density at radius 3 is 2.74 bits per heavy atom. The number of nitrogens with one attached hydrogen (secondary N) is 1. The number of halogens is 1. The van der Waals surface area contributed by atoms with Crippen molar-refractivity contribution in [1.82, 2.24) is 25.2 Å². The van der Waals surface area contributed by atoms with Crippen LogP contribution in [0.15, 0.2) is 18.3 Å². The minimum absolute atomic E-state index is 0.0814. The number of β-amino-alcohol motifs (C(OH)–C–C–N with tert-alkyl or cyclic N) is 1. The van der Waals surface area contributed by atoms with Gasteiger partial charge in [-0.1, -0.05) is 30.7 Å². The Morgan fingerprint density at radius 1 is 1.41 bits per heavy atom. The van der Waals surface area contributed by atoms with Crippen molar-refractivity contribution < 1.29 is 14.7 Å². The maximum atomic E-state index is 13.2. The number of aliphatic hydroxyl groups is 1. The molecule has 3 atom stereocenters. The molecule has 0 radical (unpaired) electrons. The van der Waals surface area contributed by atoms with Gasteiger partial charge < -0.3 is 15.3 Å². The van der Waals surface area contributed by atoms with E-state index in [1.807, 2.05) is 19.9 Å². The van der Waals surface area contributed by atoms with E-state index < -0.39 is 18.2 Å². The van der Waals surface area contributed by atoms with Crippen LogP contribution in [-0.4, -0.2) is 62.6 Å². The van der Waals surface area contributed by atoms with Crippen molar-refractivity contribution in [3.63, 3.8) is 0 Å². The number of likely N-dealkylation sites (N-methyl/N-ethyl adjacent to an activating group) is 1. The Morgan fingerprint density at radius 2 is 2.15 bits per heavy atom. The van der Waals surface area contributed by atoms with E-state index in [1.54, 1.807) is 12.3 Å². The summed E-state index contributed by atoms with van der Waals surface area (Å²) in [6, 6.07) is 2.33. The minimum atomic E-state index is -0.719. The third-order valence-electron chi connectivity index (χ3n) is 4.62. The lowest BCUT2D eigenvalue weighted by atomic mass is 10.0. The van der Waals surface area contributed by atoms with Crippen molar-refractivity contribution in [3.8, 4) is 10.6 Å². The first-order chi connectivity index (χ1) is 12.8. The highest BCUT2D eigenvalue weighted by Gasteiger charge is 2.42. The maximum Gasteiger partial charge on any atom is 0.248 e. The number of aliphatic hydroxyl groups excluding tert-OH is 1. The van der Waals surface area contributed by atoms with Gasteiger partial charge in [0.05, 0.1) is 21.5 Å². The molecular formula is C17H22ClN5O3S. The molecule has 10 heteroatoms. The zero-order chi connectivity index (χ0) is 19.7. The number of carbonyl (C=O) groups excluding carboxylic acids is 2. The standard InChI is InChI=1S/C17H22ClN5O3S/c1-9(2)15(17(26)22-7-10(24)6-12(22)16(25)19-3)23-8-11(20-21-23)13-4-5-14(18)27-13/h4-5,8-10,12,15,24H,6-7H2,1-3H3,(H,19,25)/t10-,12+,15+/m1/s1. The quantitative estimate of drug-likeness (QED) is 0.777. The van der Waals surface area contributed by atoms with Crippen molar-refractivity contribution in [3.05, 3.63) is 22.7 Å². The Labute approximate surface area is 166 Å². The topological polar surface area (TPSA) is 100 Å². The van der Waals surface area contributed by atoms with Crippen molar-refractivity contribution in [2.24, 2.45) is 5.92 Å². The molecule has 2 aromatic heterocycles. The van der Waals surface area contributed by atoms with Crippen LogP contribution >= 0.6 is 22.9 Å². The molecule has 0 saturated carbocycles. The molecule has 2 N–H and O–H groups in total. The fourth-order valence-corrected chi connectivity index (χ4v) is 4.32. The predicted molar refractivity (Wildman–Crippen MR) is 102 cm³/mol. The molecule has 3 heterocycles. The van der Waals surface area contributed by atoms with E-state index in [0.717, 1.165) is 4.88 Å². The van der Waals surface area contributed by atoms with Crippen LogP contribution in [0.25, 0.3) is 10.6 Å². The molecule has 1 fully saturated rings. The summed E-state index contributed by atoms with van der Waals surface area (Å²) in [5, 5.41) is 20.9. The largest absolute Gasteiger partial charge is 0.391 e. The number of rotatable bonds is 5. The van der Waals surface area contributed by atoms with Gasteiger partial charge in [0.1, 0.15) is 17.8 Å². The van der Waals surface area contributed by atoms with E-state index in [1.165, 1.54) is 28.0 Å². The second-order valence-electron chi connectivity index (χ2n) is 6.89. The highest BCUT2D eigenvalue weighted by atomic mass is 35.5. The van der Waals surface area contributed by atoms with Crippen LogP contribution in [0.1, 0.15) is 26.3 Å². The monoisotopic (exact) mass is 411 g/mol. The first-order valence-electron chi connectivity index (χ1n) is 8.69. The van der Waals surface area contributed by atoms with E-state index in [9.17, 15) is 14.7 Å². The highest BCUT2D eigenvalue weighted by Crippen LogP contribution is 2.31. The van der Waals surface area contributed by atoms with Crippen molar-refractivity contribution in [2.45, 2.75) is 38.5 Å². The van der Waals surface area contributed by atoms with E-state index in [4.69, 9.17) is 11.6 Å². The van der Waals surface area contributed by atoms with Gasteiger partial charge in [0, 0.05) is 20.0 Å². The number of hydrogen-bond donors (Lipinski definition) is 2. The summed E-state index contributed by atoms with van der Waals surface area (Å²) in [6.45, 7) is 3.95. The van der Waals surface area contributed by atoms with E-state index in [-0.39, 0.29) is 30.7 Å². The van der Waals surface area contributed by atoms with Crippen molar-refractivity contribution in [2.75, 3.05) is 13.6 Å². The molecule has 2 aromatic rings. The SMILES string of the molecule is CNC(=O)[C@@H]1C[C@@H](O)CN1C(=O)[C@H](C(C)C)n1cc(-c2ccc(Cl)s2)nn1. The average molecular weight is 412 g/mol. The van der Waals surface area contributed by atoms with Crippen LogP contribution in [-0.2, 0) is 9.59 Å². The molecule has 0 aliphatic carbocycles. The molecule has 1 aliphatic heterocycles. The number of likely N-dealkylation sites (tertiary alicyclic amines) is 1. The second-order valence-corrected chi connectivity index (χ2v) is 8.60. The molecule has 1 saturated heterocycles. The molecule has 0 aromatic carbocycles. The van der Waals surface area contributed by atoms with Crippen LogP contribution in [0.2, 0.25) is 4.34 Å². The minimum Gasteiger partial charge on any atom is -0.391 e. The Balaban J connectivity index is 1.88. The number of amides is 2. The van der Waals surface area contributed by atoms with Crippen molar-refractivity contribution in [1.29, 1.82) is 0 Å². The summed E-state index contributed by atoms with van der Waals surface area (Å²) < 4.78 is 2.18. The van der Waals surface area contributed by atoms with Crippen LogP contribution in [0.4, 0.5) is 0 Å². The summed E-state index contributed by atoms with van der Waals surface area (Å²) in [5.74, 6) is -0.618. The van der Waals surface area contributed by atoms with Crippen LogP contribution in [0, 0.1) is 5.92 Å². The molecule has 146 valence electrons. The number of nitrogens with zero attached hydrogens (tertiary/aromatic N) is 4. The fraction of sp³-hybridized carbons (Fsp3) is 0.529. The highest BCUT2D eigenvalue weighted by molar-refractivity contribution is 7.19. The maximum absolute atomic E-state index is 13.2. The van der Waals surface area contributed by atoms with E-state index >= 15 is 0 Å². The number of hydrogen-bond acceptors (Lipinski definition) is 6. The Kier molecular flexibility index (Phi) is 5.83. The normalized spacial score (nSPS) is 20.9. The van der Waals surface area contributed by atoms with Gasteiger partial charge in [-0.2, -0.15) is 0 Å². The summed E-state index contributed by atoms with van der Waals surface area (Å²) in [5.41, 5.74) is 0.634. The lowest BCUT2D eigenvalue weighted by Crippen LogP contribution is -2.48. The smallest absolute Gasteiger partial charge is 0.248 e. The summed E-state index contributed by atoms with van der Waals surface area (Å²) in [4.78, 5) is 27.7. The lowest BCUT2D eigenvalue weighted by Gasteiger charge is -2.29. The van der Waals surface area contributed by atoms with Gasteiger partial charge in [0.2, 0.25) is 11.8 Å². The summed E-state index contributed by atoms with van der Waals surface area (Å²) in [7, 11) is 1.52. The molecule has 0 spiro atoms. The van der Waals surface area contributed by atoms with Crippen LogP contribution in [0.3, 0.4) is 0 Å². The third-order valence-corrected chi connectivity index (χ3v) is 5.87. The predicted octanol–water partition coefficient (Wildman–Crippen LogP) is 1.56. The number of thiophene rings is 1. The van der Waals surface area contributed by atoms with Gasteiger partial charge in [-0.05, 0) is 18.1 Å². The Bertz CT molecular complexity index is 836. The average Bonchev–Trinajstić information content (AvgIpc) is 3.33.